The molecule has 1 fully saturated rings. The quantitative estimate of drug-likeness (QED) is 0.885. The van der Waals surface area contributed by atoms with Gasteiger partial charge in [-0.25, -0.2) is 13.6 Å². The van der Waals surface area contributed by atoms with Crippen molar-refractivity contribution in [1.82, 2.24) is 20.0 Å². The fourth-order valence-corrected chi connectivity index (χ4v) is 3.04. The molecule has 3 rings (SSSR count). The number of nitrogens with two attached hydrogens (primary N) is 1. The first-order valence-electron chi connectivity index (χ1n) is 7.45. The van der Waals surface area contributed by atoms with Crippen LogP contribution in [0.3, 0.4) is 0 Å². The van der Waals surface area contributed by atoms with Crippen LogP contribution in [0, 0.1) is 5.92 Å². The molecule has 3 heterocycles. The van der Waals surface area contributed by atoms with Gasteiger partial charge in [-0.15, -0.1) is 0 Å². The Kier molecular flexibility index (Phi) is 4.42. The molecule has 0 aliphatic carbocycles. The molecule has 2 aromatic rings. The highest BCUT2D eigenvalue weighted by molar-refractivity contribution is 7.89. The van der Waals surface area contributed by atoms with Crippen LogP contribution < -0.4 is 5.14 Å². The second-order valence-electron chi connectivity index (χ2n) is 5.92. The largest absolute Gasteiger partial charge is 0.338 e. The maximum Gasteiger partial charge on any atom is 0.241 e. The fourth-order valence-electron chi connectivity index (χ4n) is 2.54. The third-order valence-corrected chi connectivity index (χ3v) is 4.88. The van der Waals surface area contributed by atoms with Crippen LogP contribution in [0.1, 0.15) is 25.7 Å². The second kappa shape index (κ2) is 6.34. The summed E-state index contributed by atoms with van der Waals surface area (Å²) < 4.78 is 28.0. The van der Waals surface area contributed by atoms with E-state index in [4.69, 9.17) is 9.66 Å². The molecule has 0 saturated carbocycles. The van der Waals surface area contributed by atoms with E-state index in [-0.39, 0.29) is 4.90 Å². The molecular weight excluding hydrogens is 318 g/mol. The van der Waals surface area contributed by atoms with Crippen LogP contribution in [0.25, 0.3) is 11.4 Å². The standard InChI is InChI=1S/C14H19N5O3S/c1-10-2-4-19(5-3-10)9-13-17-14(18-22-13)11-6-12(8-16-7-11)23(15,20)21/h6-8,10H,2-5,9H2,1H3,(H2,15,20,21). The smallest absolute Gasteiger partial charge is 0.241 e. The monoisotopic (exact) mass is 337 g/mol. The molecule has 0 spiro atoms. The summed E-state index contributed by atoms with van der Waals surface area (Å²) in [5.41, 5.74) is 0.457. The zero-order chi connectivity index (χ0) is 16.4. The molecule has 1 aliphatic rings. The molecule has 2 aromatic heterocycles. The maximum absolute atomic E-state index is 11.4. The second-order valence-corrected chi connectivity index (χ2v) is 7.49. The first-order chi connectivity index (χ1) is 10.9. The minimum absolute atomic E-state index is 0.0774. The summed E-state index contributed by atoms with van der Waals surface area (Å²) in [6.07, 6.45) is 5.00. The van der Waals surface area contributed by atoms with Gasteiger partial charge in [0.25, 0.3) is 0 Å². The molecule has 1 aliphatic heterocycles. The molecule has 2 N–H and O–H groups in total. The van der Waals surface area contributed by atoms with E-state index in [2.05, 4.69) is 26.9 Å². The normalized spacial score (nSPS) is 17.5. The molecule has 23 heavy (non-hydrogen) atoms. The minimum atomic E-state index is -3.81. The van der Waals surface area contributed by atoms with Crippen molar-refractivity contribution in [3.63, 3.8) is 0 Å². The van der Waals surface area contributed by atoms with Gasteiger partial charge >= 0.3 is 0 Å². The van der Waals surface area contributed by atoms with Gasteiger partial charge in [0.15, 0.2) is 0 Å². The Balaban J connectivity index is 1.74. The van der Waals surface area contributed by atoms with Crippen molar-refractivity contribution in [2.45, 2.75) is 31.2 Å². The molecule has 0 aromatic carbocycles. The maximum atomic E-state index is 11.4. The first kappa shape index (κ1) is 16.0. The molecule has 1 saturated heterocycles. The molecule has 124 valence electrons. The van der Waals surface area contributed by atoms with Crippen LogP contribution in [-0.4, -0.2) is 41.5 Å². The lowest BCUT2D eigenvalue weighted by Crippen LogP contribution is -2.32. The summed E-state index contributed by atoms with van der Waals surface area (Å²) in [6, 6.07) is 1.39. The summed E-state index contributed by atoms with van der Waals surface area (Å²) in [5, 5.41) is 9.01. The Bertz CT molecular complexity index is 781. The van der Waals surface area contributed by atoms with Crippen molar-refractivity contribution < 1.29 is 12.9 Å². The van der Waals surface area contributed by atoms with Crippen LogP contribution in [0.4, 0.5) is 0 Å². The topological polar surface area (TPSA) is 115 Å². The van der Waals surface area contributed by atoms with E-state index in [9.17, 15) is 8.42 Å². The predicted octanol–water partition coefficient (Wildman–Crippen LogP) is 1.01. The van der Waals surface area contributed by atoms with Crippen molar-refractivity contribution in [3.8, 4) is 11.4 Å². The Labute approximate surface area is 134 Å². The summed E-state index contributed by atoms with van der Waals surface area (Å²) in [7, 11) is -3.81. The molecule has 0 bridgehead atoms. The highest BCUT2D eigenvalue weighted by Crippen LogP contribution is 2.20. The number of aromatic nitrogens is 3. The van der Waals surface area contributed by atoms with E-state index in [0.717, 1.165) is 19.0 Å². The Morgan fingerprint density at radius 3 is 2.78 bits per heavy atom. The number of piperidine rings is 1. The lowest BCUT2D eigenvalue weighted by molar-refractivity contribution is 0.165. The van der Waals surface area contributed by atoms with Gasteiger partial charge in [0.05, 0.1) is 6.54 Å². The lowest BCUT2D eigenvalue weighted by atomic mass is 9.99. The van der Waals surface area contributed by atoms with Gasteiger partial charge < -0.3 is 4.52 Å². The van der Waals surface area contributed by atoms with Crippen molar-refractivity contribution >= 4 is 10.0 Å². The van der Waals surface area contributed by atoms with E-state index in [0.29, 0.717) is 23.8 Å². The summed E-state index contributed by atoms with van der Waals surface area (Å²) >= 11 is 0. The molecule has 0 unspecified atom stereocenters. The minimum Gasteiger partial charge on any atom is -0.338 e. The van der Waals surface area contributed by atoms with E-state index in [1.54, 1.807) is 0 Å². The van der Waals surface area contributed by atoms with Gasteiger partial charge in [-0.1, -0.05) is 12.1 Å². The van der Waals surface area contributed by atoms with E-state index in [1.807, 2.05) is 0 Å². The van der Waals surface area contributed by atoms with E-state index >= 15 is 0 Å². The first-order valence-corrected chi connectivity index (χ1v) is 8.99. The van der Waals surface area contributed by atoms with Gasteiger partial charge in [-0.2, -0.15) is 4.98 Å². The van der Waals surface area contributed by atoms with Crippen molar-refractivity contribution in [2.24, 2.45) is 11.1 Å². The van der Waals surface area contributed by atoms with Crippen molar-refractivity contribution in [1.29, 1.82) is 0 Å². The van der Waals surface area contributed by atoms with Crippen LogP contribution in [0.5, 0.6) is 0 Å². The number of likely N-dealkylation sites (tertiary alicyclic amines) is 1. The summed E-state index contributed by atoms with van der Waals surface area (Å²) in [4.78, 5) is 10.4. The molecule has 0 atom stereocenters. The zero-order valence-electron chi connectivity index (χ0n) is 12.8. The zero-order valence-corrected chi connectivity index (χ0v) is 13.7. The number of rotatable bonds is 4. The van der Waals surface area contributed by atoms with Crippen LogP contribution in [0.2, 0.25) is 0 Å². The third kappa shape index (κ3) is 3.92. The molecule has 0 amide bonds. The summed E-state index contributed by atoms with van der Waals surface area (Å²) in [5.74, 6) is 1.58. The summed E-state index contributed by atoms with van der Waals surface area (Å²) in [6.45, 7) is 4.89. The lowest BCUT2D eigenvalue weighted by Gasteiger charge is -2.28. The number of nitrogens with zero attached hydrogens (tertiary/aromatic N) is 4. The van der Waals surface area contributed by atoms with Gasteiger partial charge in [0.2, 0.25) is 21.7 Å². The van der Waals surface area contributed by atoms with Gasteiger partial charge in [0, 0.05) is 18.0 Å². The van der Waals surface area contributed by atoms with E-state index in [1.165, 1.54) is 31.3 Å². The average molecular weight is 337 g/mol. The van der Waals surface area contributed by atoms with Gasteiger partial charge in [-0.05, 0) is 37.9 Å². The molecule has 0 radical (unpaired) electrons. The molecular formula is C14H19N5O3S. The van der Waals surface area contributed by atoms with E-state index < -0.39 is 10.0 Å². The number of sulfonamides is 1. The Morgan fingerprint density at radius 1 is 1.35 bits per heavy atom. The SMILES string of the molecule is CC1CCN(Cc2nc(-c3cncc(S(N)(=O)=O)c3)no2)CC1. The van der Waals surface area contributed by atoms with Crippen LogP contribution in [-0.2, 0) is 16.6 Å². The van der Waals surface area contributed by atoms with Crippen molar-refractivity contribution in [2.75, 3.05) is 13.1 Å². The van der Waals surface area contributed by atoms with Crippen LogP contribution >= 0.6 is 0 Å². The number of primary sulfonamides is 1. The highest BCUT2D eigenvalue weighted by atomic mass is 32.2. The number of hydrogen-bond acceptors (Lipinski definition) is 7. The van der Waals surface area contributed by atoms with Crippen LogP contribution in [0.15, 0.2) is 27.9 Å². The molecule has 9 heteroatoms. The Morgan fingerprint density at radius 2 is 2.09 bits per heavy atom. The predicted molar refractivity (Wildman–Crippen MR) is 82.6 cm³/mol. The highest BCUT2D eigenvalue weighted by Gasteiger charge is 2.19. The average Bonchev–Trinajstić information content (AvgIpc) is 2.97. The third-order valence-electron chi connectivity index (χ3n) is 4.00. The fraction of sp³-hybridized carbons (Fsp3) is 0.500. The van der Waals surface area contributed by atoms with Gasteiger partial charge in [-0.3, -0.25) is 9.88 Å². The number of hydrogen-bond donors (Lipinski definition) is 1. The van der Waals surface area contributed by atoms with Crippen molar-refractivity contribution in [3.05, 3.63) is 24.4 Å². The van der Waals surface area contributed by atoms with Gasteiger partial charge in [0.1, 0.15) is 4.90 Å². The Hall–Kier alpha value is -1.84. The molecule has 8 nitrogen and oxygen atoms in total. The number of pyridine rings is 1.